The van der Waals surface area contributed by atoms with Crippen LogP contribution in [0.5, 0.6) is 0 Å². The maximum Gasteiger partial charge on any atom is 0.349 e. The fraction of sp³-hybridized carbons (Fsp3) is 0.280. The number of halogens is 1. The number of nitrogens with one attached hydrogen (secondary N) is 4. The Bertz CT molecular complexity index is 1650. The number of pyridine rings is 1. The lowest BCUT2D eigenvalue weighted by molar-refractivity contribution is -0.372. The average Bonchev–Trinajstić information content (AvgIpc) is 3.37. The molecule has 4 heterocycles. The lowest BCUT2D eigenvalue weighted by Gasteiger charge is -2.26. The standard InChI is InChI=1S/C25H26ClN7O4S2/c26-21-7-9-23(38-21)39(36,37)31-25(35)30-18-5-8-22(28-15-18)33-16-29-20-14-17(4-6-19(20)24(33)34)27-10-13-32-11-2-1-3-12-32/h4-9,14-16,27H,1-3,10-13H2,(H2,30,31,35)/p+1. The Labute approximate surface area is 233 Å². The zero-order valence-corrected chi connectivity index (χ0v) is 23.2. The van der Waals surface area contributed by atoms with Gasteiger partial charge in [0.25, 0.3) is 15.8 Å². The largest absolute Gasteiger partial charge is 0.384 e. The van der Waals surface area contributed by atoms with Crippen molar-refractivity contribution in [2.45, 2.75) is 23.5 Å². The molecule has 0 unspecified atom stereocenters. The number of hydrogen-bond acceptors (Lipinski definition) is 8. The van der Waals surface area contributed by atoms with Crippen LogP contribution in [0.15, 0.2) is 64.0 Å². The third kappa shape index (κ3) is 6.56. The highest BCUT2D eigenvalue weighted by Gasteiger charge is 2.20. The Morgan fingerprint density at radius 1 is 1.08 bits per heavy atom. The molecule has 1 aliphatic rings. The van der Waals surface area contributed by atoms with Crippen LogP contribution >= 0.6 is 22.9 Å². The van der Waals surface area contributed by atoms with Gasteiger partial charge < -0.3 is 15.5 Å². The predicted molar refractivity (Wildman–Crippen MR) is 151 cm³/mol. The zero-order valence-electron chi connectivity index (χ0n) is 20.8. The van der Waals surface area contributed by atoms with Gasteiger partial charge in [0.2, 0.25) is 0 Å². The highest BCUT2D eigenvalue weighted by molar-refractivity contribution is 7.92. The van der Waals surface area contributed by atoms with Gasteiger partial charge in [-0.3, -0.25) is 0 Å². The van der Waals surface area contributed by atoms with Gasteiger partial charge in [-0.1, -0.05) is 18.0 Å². The molecular formula is C25H27ClN7O4S2+. The van der Waals surface area contributed by atoms with E-state index in [1.54, 1.807) is 12.1 Å². The van der Waals surface area contributed by atoms with E-state index in [0.29, 0.717) is 21.1 Å². The lowest BCUT2D eigenvalue weighted by atomic mass is 10.1. The van der Waals surface area contributed by atoms with Crippen molar-refractivity contribution in [3.63, 3.8) is 0 Å². The van der Waals surface area contributed by atoms with Crippen molar-refractivity contribution in [2.75, 3.05) is 36.8 Å². The molecule has 39 heavy (non-hydrogen) atoms. The number of urea groups is 1. The summed E-state index contributed by atoms with van der Waals surface area (Å²) in [5.74, 6) is 0.421. The summed E-state index contributed by atoms with van der Waals surface area (Å²) in [6.45, 7) is 4.10. The van der Waals surface area contributed by atoms with Crippen molar-refractivity contribution >= 4 is 61.3 Å². The van der Waals surface area contributed by atoms with E-state index >= 15 is 0 Å². The molecule has 1 aromatic carbocycles. The van der Waals surface area contributed by atoms with Crippen LogP contribution < -0.4 is 25.9 Å². The van der Waals surface area contributed by atoms with E-state index in [1.807, 2.05) is 16.9 Å². The molecule has 4 aromatic rings. The quantitative estimate of drug-likeness (QED) is 0.287. The van der Waals surface area contributed by atoms with Crippen LogP contribution in [-0.4, -0.2) is 55.1 Å². The molecule has 0 aliphatic carbocycles. The Balaban J connectivity index is 1.23. The third-order valence-electron chi connectivity index (χ3n) is 6.32. The van der Waals surface area contributed by atoms with E-state index in [9.17, 15) is 18.0 Å². The van der Waals surface area contributed by atoms with Gasteiger partial charge in [-0.05, 0) is 62.3 Å². The number of aromatic nitrogens is 3. The summed E-state index contributed by atoms with van der Waals surface area (Å²) in [5, 5.41) is 6.32. The van der Waals surface area contributed by atoms with Crippen LogP contribution in [0.25, 0.3) is 16.7 Å². The van der Waals surface area contributed by atoms with Gasteiger partial charge >= 0.3 is 11.6 Å². The van der Waals surface area contributed by atoms with Gasteiger partial charge in [0, 0.05) is 24.8 Å². The van der Waals surface area contributed by atoms with E-state index in [-0.39, 0.29) is 15.5 Å². The van der Waals surface area contributed by atoms with E-state index in [2.05, 4.69) is 25.5 Å². The summed E-state index contributed by atoms with van der Waals surface area (Å²) in [6.07, 6.45) is 6.71. The Kier molecular flexibility index (Phi) is 8.12. The average molecular weight is 589 g/mol. The minimum absolute atomic E-state index is 0.0758. The topological polar surface area (TPSA) is 140 Å². The SMILES string of the molecule is O=C(Nc1ccc(-n2cnc3cc(NCCN4CCCCC4)ccc3c2=O)[nH+]c1)NS(=O)(=O)c1ccc(Cl)s1. The minimum Gasteiger partial charge on any atom is -0.384 e. The number of sulfonamides is 1. The molecule has 3 aromatic heterocycles. The molecule has 5 rings (SSSR count). The van der Waals surface area contributed by atoms with Crippen molar-refractivity contribution in [3.8, 4) is 5.82 Å². The van der Waals surface area contributed by atoms with Crippen molar-refractivity contribution in [2.24, 2.45) is 0 Å². The maximum atomic E-state index is 13.1. The van der Waals surface area contributed by atoms with Gasteiger partial charge in [0.15, 0.2) is 6.33 Å². The van der Waals surface area contributed by atoms with Crippen molar-refractivity contribution in [3.05, 3.63) is 69.7 Å². The number of nitrogens with zero attached hydrogens (tertiary/aromatic N) is 3. The van der Waals surface area contributed by atoms with Crippen LogP contribution in [0.1, 0.15) is 19.3 Å². The number of fused-ring (bicyclic) bond motifs is 1. The number of aromatic amines is 1. The second kappa shape index (κ2) is 11.7. The van der Waals surface area contributed by atoms with E-state index < -0.39 is 16.1 Å². The molecule has 1 fully saturated rings. The van der Waals surface area contributed by atoms with Crippen LogP contribution in [0.3, 0.4) is 0 Å². The molecule has 0 saturated carbocycles. The molecule has 14 heteroatoms. The number of hydrogen-bond donors (Lipinski definition) is 3. The normalized spacial score (nSPS) is 14.3. The number of carbonyl (C=O) groups is 1. The first-order valence-electron chi connectivity index (χ1n) is 12.4. The smallest absolute Gasteiger partial charge is 0.349 e. The Hall–Kier alpha value is -3.52. The number of likely N-dealkylation sites (tertiary alicyclic amines) is 1. The van der Waals surface area contributed by atoms with Gasteiger partial charge in [-0.25, -0.2) is 32.7 Å². The van der Waals surface area contributed by atoms with Gasteiger partial charge in [0.05, 0.1) is 20.9 Å². The molecule has 0 atom stereocenters. The van der Waals surface area contributed by atoms with E-state index in [1.165, 1.54) is 54.6 Å². The van der Waals surface area contributed by atoms with E-state index in [0.717, 1.165) is 43.2 Å². The molecule has 1 aliphatic heterocycles. The number of thiophene rings is 1. The van der Waals surface area contributed by atoms with Crippen LogP contribution in [-0.2, 0) is 10.0 Å². The van der Waals surface area contributed by atoms with Crippen molar-refractivity contribution < 1.29 is 18.2 Å². The molecule has 11 nitrogen and oxygen atoms in total. The highest BCUT2D eigenvalue weighted by atomic mass is 35.5. The monoisotopic (exact) mass is 588 g/mol. The number of amides is 2. The molecule has 0 radical (unpaired) electrons. The Morgan fingerprint density at radius 3 is 2.59 bits per heavy atom. The number of piperidine rings is 1. The number of rotatable bonds is 8. The summed E-state index contributed by atoms with van der Waals surface area (Å²) in [6, 6.07) is 10.4. The predicted octanol–water partition coefficient (Wildman–Crippen LogP) is 3.32. The maximum absolute atomic E-state index is 13.1. The summed E-state index contributed by atoms with van der Waals surface area (Å²) >= 11 is 6.62. The lowest BCUT2D eigenvalue weighted by Crippen LogP contribution is -2.34. The number of benzene rings is 1. The summed E-state index contributed by atoms with van der Waals surface area (Å²) in [5.41, 5.74) is 1.53. The number of carbonyl (C=O) groups excluding carboxylic acids is 1. The Morgan fingerprint density at radius 2 is 1.87 bits per heavy atom. The first-order valence-corrected chi connectivity index (χ1v) is 15.1. The summed E-state index contributed by atoms with van der Waals surface area (Å²) < 4.78 is 28.1. The molecule has 0 spiro atoms. The van der Waals surface area contributed by atoms with Crippen molar-refractivity contribution in [1.82, 2.24) is 19.2 Å². The molecule has 204 valence electrons. The number of H-pyrrole nitrogens is 1. The zero-order chi connectivity index (χ0) is 27.4. The first kappa shape index (κ1) is 27.1. The van der Waals surface area contributed by atoms with Gasteiger partial charge in [-0.2, -0.15) is 0 Å². The molecule has 1 saturated heterocycles. The third-order valence-corrected chi connectivity index (χ3v) is 9.37. The van der Waals surface area contributed by atoms with Crippen LogP contribution in [0.2, 0.25) is 4.34 Å². The molecule has 4 N–H and O–H groups in total. The van der Waals surface area contributed by atoms with Crippen LogP contribution in [0, 0.1) is 0 Å². The van der Waals surface area contributed by atoms with Gasteiger partial charge in [-0.15, -0.1) is 15.9 Å². The number of anilines is 2. The molecule has 2 amide bonds. The van der Waals surface area contributed by atoms with E-state index in [4.69, 9.17) is 11.6 Å². The first-order chi connectivity index (χ1) is 18.8. The summed E-state index contributed by atoms with van der Waals surface area (Å²) in [7, 11) is -4.05. The fourth-order valence-electron chi connectivity index (χ4n) is 4.36. The van der Waals surface area contributed by atoms with Gasteiger partial charge in [0.1, 0.15) is 10.4 Å². The molecule has 0 bridgehead atoms. The minimum atomic E-state index is -4.05. The molecular weight excluding hydrogens is 562 g/mol. The second-order valence-electron chi connectivity index (χ2n) is 9.06. The van der Waals surface area contributed by atoms with Crippen LogP contribution in [0.4, 0.5) is 16.2 Å². The second-order valence-corrected chi connectivity index (χ2v) is 12.7. The summed E-state index contributed by atoms with van der Waals surface area (Å²) in [4.78, 5) is 35.2. The van der Waals surface area contributed by atoms with Crippen molar-refractivity contribution in [1.29, 1.82) is 0 Å². The fourth-order valence-corrected chi connectivity index (χ4v) is 6.75. The highest BCUT2D eigenvalue weighted by Crippen LogP contribution is 2.25.